The van der Waals surface area contributed by atoms with Crippen molar-refractivity contribution in [3.05, 3.63) is 12.7 Å². The number of carbonyl (C=O) groups is 1. The molecule has 0 unspecified atom stereocenters. The molecule has 0 aromatic heterocycles. The molecule has 1 rings (SSSR count). The fourth-order valence-corrected chi connectivity index (χ4v) is 2.28. The third-order valence-corrected chi connectivity index (χ3v) is 3.36. The first-order valence-electron chi connectivity index (χ1n) is 6.37. The van der Waals surface area contributed by atoms with Gasteiger partial charge in [-0.25, -0.2) is 0 Å². The number of hydrogen-bond acceptors (Lipinski definition) is 2. The predicted octanol–water partition coefficient (Wildman–Crippen LogP) is 1.85. The van der Waals surface area contributed by atoms with Gasteiger partial charge in [0.15, 0.2) is 0 Å². The zero-order valence-electron chi connectivity index (χ0n) is 10.3. The quantitative estimate of drug-likeness (QED) is 0.534. The first kappa shape index (κ1) is 13.2. The lowest BCUT2D eigenvalue weighted by atomic mass is 9.84. The Morgan fingerprint density at radius 3 is 2.62 bits per heavy atom. The first-order valence-corrected chi connectivity index (χ1v) is 6.37. The molecule has 1 amide bonds. The van der Waals surface area contributed by atoms with Gasteiger partial charge in [-0.2, -0.15) is 0 Å². The highest BCUT2D eigenvalue weighted by atomic mass is 16.1. The molecular weight excluding hydrogens is 200 g/mol. The molecule has 0 bridgehead atoms. The van der Waals surface area contributed by atoms with E-state index in [0.29, 0.717) is 19.1 Å². The first-order chi connectivity index (χ1) is 7.76. The molecule has 0 radical (unpaired) electrons. The van der Waals surface area contributed by atoms with Gasteiger partial charge in [-0.15, -0.1) is 6.58 Å². The summed E-state index contributed by atoms with van der Waals surface area (Å²) >= 11 is 0. The van der Waals surface area contributed by atoms with E-state index in [9.17, 15) is 4.79 Å². The van der Waals surface area contributed by atoms with Crippen molar-refractivity contribution in [2.45, 2.75) is 45.1 Å². The van der Waals surface area contributed by atoms with E-state index in [1.165, 1.54) is 19.3 Å². The minimum absolute atomic E-state index is 0.113. The van der Waals surface area contributed by atoms with Crippen LogP contribution >= 0.6 is 0 Å². The van der Waals surface area contributed by atoms with Crippen molar-refractivity contribution in [3.63, 3.8) is 0 Å². The fourth-order valence-electron chi connectivity index (χ4n) is 2.28. The molecule has 0 spiro atoms. The van der Waals surface area contributed by atoms with Crippen LogP contribution in [0.4, 0.5) is 0 Å². The van der Waals surface area contributed by atoms with Crippen molar-refractivity contribution >= 4 is 5.91 Å². The number of rotatable bonds is 6. The summed E-state index contributed by atoms with van der Waals surface area (Å²) in [6.07, 6.45) is 7.86. The molecule has 1 aliphatic rings. The molecule has 0 aliphatic heterocycles. The van der Waals surface area contributed by atoms with Crippen LogP contribution in [0.1, 0.15) is 39.0 Å². The second-order valence-corrected chi connectivity index (χ2v) is 4.61. The van der Waals surface area contributed by atoms with Gasteiger partial charge in [0.1, 0.15) is 0 Å². The maximum absolute atomic E-state index is 11.5. The lowest BCUT2D eigenvalue weighted by Gasteiger charge is -2.28. The van der Waals surface area contributed by atoms with E-state index in [4.69, 9.17) is 0 Å². The van der Waals surface area contributed by atoms with Gasteiger partial charge in [-0.05, 0) is 31.6 Å². The summed E-state index contributed by atoms with van der Waals surface area (Å²) in [5, 5.41) is 6.10. The normalized spacial score (nSPS) is 25.1. The standard InChI is InChI=1S/C13H24N2O/c1-3-9-14-10-13(16)15-12-7-5-11(4-2)6-8-12/h3,11-12,14H,1,4-10H2,2H3,(H,15,16). The van der Waals surface area contributed by atoms with Gasteiger partial charge in [-0.3, -0.25) is 4.79 Å². The van der Waals surface area contributed by atoms with Crippen LogP contribution in [0.25, 0.3) is 0 Å². The largest absolute Gasteiger partial charge is 0.352 e. The Morgan fingerprint density at radius 2 is 2.06 bits per heavy atom. The minimum Gasteiger partial charge on any atom is -0.352 e. The van der Waals surface area contributed by atoms with Crippen molar-refractivity contribution in [1.29, 1.82) is 0 Å². The smallest absolute Gasteiger partial charge is 0.234 e. The molecule has 3 heteroatoms. The van der Waals surface area contributed by atoms with Gasteiger partial charge < -0.3 is 10.6 Å². The number of nitrogens with one attached hydrogen (secondary N) is 2. The summed E-state index contributed by atoms with van der Waals surface area (Å²) in [4.78, 5) is 11.5. The topological polar surface area (TPSA) is 41.1 Å². The summed E-state index contributed by atoms with van der Waals surface area (Å²) in [6, 6.07) is 0.404. The van der Waals surface area contributed by atoms with Crippen LogP contribution in [-0.2, 0) is 4.79 Å². The van der Waals surface area contributed by atoms with Crippen LogP contribution in [0.3, 0.4) is 0 Å². The molecule has 1 aliphatic carbocycles. The Bertz CT molecular complexity index is 220. The van der Waals surface area contributed by atoms with Crippen LogP contribution in [0, 0.1) is 5.92 Å². The van der Waals surface area contributed by atoms with Gasteiger partial charge in [0.2, 0.25) is 5.91 Å². The Kier molecular flexibility index (Phi) is 6.16. The molecular formula is C13H24N2O. The van der Waals surface area contributed by atoms with E-state index in [1.807, 2.05) is 0 Å². The summed E-state index contributed by atoms with van der Waals surface area (Å²) in [6.45, 7) is 6.94. The fraction of sp³-hybridized carbons (Fsp3) is 0.769. The van der Waals surface area contributed by atoms with Crippen LogP contribution in [-0.4, -0.2) is 25.0 Å². The summed E-state index contributed by atoms with van der Waals surface area (Å²) in [7, 11) is 0. The second-order valence-electron chi connectivity index (χ2n) is 4.61. The highest BCUT2D eigenvalue weighted by Crippen LogP contribution is 2.26. The summed E-state index contributed by atoms with van der Waals surface area (Å²) in [5.41, 5.74) is 0. The SMILES string of the molecule is C=CCNCC(=O)NC1CCC(CC)CC1. The van der Waals surface area contributed by atoms with E-state index in [-0.39, 0.29) is 5.91 Å². The van der Waals surface area contributed by atoms with Crippen molar-refractivity contribution in [2.24, 2.45) is 5.92 Å². The molecule has 92 valence electrons. The molecule has 0 aromatic rings. The molecule has 0 atom stereocenters. The Balaban J connectivity index is 2.13. The maximum Gasteiger partial charge on any atom is 0.234 e. The second kappa shape index (κ2) is 7.44. The minimum atomic E-state index is 0.113. The zero-order valence-corrected chi connectivity index (χ0v) is 10.3. The van der Waals surface area contributed by atoms with E-state index in [0.717, 1.165) is 18.8 Å². The maximum atomic E-state index is 11.5. The van der Waals surface area contributed by atoms with Gasteiger partial charge in [0, 0.05) is 12.6 Å². The average Bonchev–Trinajstić information content (AvgIpc) is 2.30. The zero-order chi connectivity index (χ0) is 11.8. The molecule has 0 heterocycles. The van der Waals surface area contributed by atoms with E-state index in [1.54, 1.807) is 6.08 Å². The summed E-state index contributed by atoms with van der Waals surface area (Å²) < 4.78 is 0. The molecule has 3 nitrogen and oxygen atoms in total. The third kappa shape index (κ3) is 4.79. The van der Waals surface area contributed by atoms with E-state index in [2.05, 4.69) is 24.1 Å². The predicted molar refractivity (Wildman–Crippen MR) is 67.2 cm³/mol. The molecule has 1 fully saturated rings. The van der Waals surface area contributed by atoms with Crippen molar-refractivity contribution in [3.8, 4) is 0 Å². The van der Waals surface area contributed by atoms with Crippen LogP contribution < -0.4 is 10.6 Å². The lowest BCUT2D eigenvalue weighted by Crippen LogP contribution is -2.42. The monoisotopic (exact) mass is 224 g/mol. The van der Waals surface area contributed by atoms with Crippen molar-refractivity contribution in [1.82, 2.24) is 10.6 Å². The van der Waals surface area contributed by atoms with E-state index >= 15 is 0 Å². The van der Waals surface area contributed by atoms with E-state index < -0.39 is 0 Å². The summed E-state index contributed by atoms with van der Waals surface area (Å²) in [5.74, 6) is 0.994. The number of hydrogen-bond donors (Lipinski definition) is 2. The van der Waals surface area contributed by atoms with Gasteiger partial charge >= 0.3 is 0 Å². The van der Waals surface area contributed by atoms with Gasteiger partial charge in [-0.1, -0.05) is 19.4 Å². The van der Waals surface area contributed by atoms with Crippen molar-refractivity contribution in [2.75, 3.05) is 13.1 Å². The lowest BCUT2D eigenvalue weighted by molar-refractivity contribution is -0.121. The van der Waals surface area contributed by atoms with Gasteiger partial charge in [0.25, 0.3) is 0 Å². The molecule has 0 aromatic carbocycles. The molecule has 1 saturated carbocycles. The number of amides is 1. The van der Waals surface area contributed by atoms with Crippen LogP contribution in [0.2, 0.25) is 0 Å². The highest BCUT2D eigenvalue weighted by Gasteiger charge is 2.20. The third-order valence-electron chi connectivity index (χ3n) is 3.36. The number of carbonyl (C=O) groups excluding carboxylic acids is 1. The molecule has 16 heavy (non-hydrogen) atoms. The van der Waals surface area contributed by atoms with Crippen molar-refractivity contribution < 1.29 is 4.79 Å². The molecule has 2 N–H and O–H groups in total. The Hall–Kier alpha value is -0.830. The van der Waals surface area contributed by atoms with Crippen LogP contribution in [0.5, 0.6) is 0 Å². The molecule has 0 saturated heterocycles. The average molecular weight is 224 g/mol. The Labute approximate surface area is 98.7 Å². The van der Waals surface area contributed by atoms with Gasteiger partial charge in [0.05, 0.1) is 6.54 Å². The van der Waals surface area contributed by atoms with Crippen LogP contribution in [0.15, 0.2) is 12.7 Å². The Morgan fingerprint density at radius 1 is 1.38 bits per heavy atom. The highest BCUT2D eigenvalue weighted by molar-refractivity contribution is 5.78.